The highest BCUT2D eigenvalue weighted by Gasteiger charge is 2.45. The van der Waals surface area contributed by atoms with Crippen molar-refractivity contribution in [2.75, 3.05) is 40.5 Å². The quantitative estimate of drug-likeness (QED) is 0.147. The monoisotopic (exact) mass is 712 g/mol. The zero-order chi connectivity index (χ0) is 37.3. The molecule has 9 unspecified atom stereocenters. The number of aliphatic hydroxyl groups is 1. The number of carboxylic acids is 1. The van der Waals surface area contributed by atoms with Crippen molar-refractivity contribution in [3.8, 4) is 0 Å². The lowest BCUT2D eigenvalue weighted by Crippen LogP contribution is -2.47. The molecule has 294 valence electrons. The van der Waals surface area contributed by atoms with Crippen LogP contribution in [-0.2, 0) is 19.2 Å². The van der Waals surface area contributed by atoms with Gasteiger partial charge in [-0.15, -0.1) is 0 Å². The molecule has 5 fully saturated rings. The average Bonchev–Trinajstić information content (AvgIpc) is 3.59. The normalized spacial score (nSPS) is 34.5. The highest BCUT2D eigenvalue weighted by atomic mass is 16.7. The fraction of sp³-hybridized carbons (Fsp3) is 0.950. The molecule has 0 aromatic carbocycles. The van der Waals surface area contributed by atoms with Gasteiger partial charge in [0.05, 0.1) is 18.6 Å². The predicted molar refractivity (Wildman–Crippen MR) is 199 cm³/mol. The summed E-state index contributed by atoms with van der Waals surface area (Å²) in [6.45, 7) is 15.2. The number of aliphatic hydroxyl groups excluding tert-OH is 1. The molecule has 0 bridgehead atoms. The molecule has 0 aromatic rings. The number of nitrogens with two attached hydrogens (primary N) is 1. The van der Waals surface area contributed by atoms with E-state index in [0.29, 0.717) is 36.0 Å². The van der Waals surface area contributed by atoms with Crippen LogP contribution in [0.15, 0.2) is 0 Å². The summed E-state index contributed by atoms with van der Waals surface area (Å²) in [4.78, 5) is 31.2. The second-order valence-electron chi connectivity index (χ2n) is 17.0. The number of carbonyl (C=O) groups excluding carboxylic acids is 1. The van der Waals surface area contributed by atoms with Gasteiger partial charge in [0, 0.05) is 45.7 Å². The van der Waals surface area contributed by atoms with Crippen LogP contribution in [0.3, 0.4) is 0 Å². The van der Waals surface area contributed by atoms with Crippen LogP contribution in [0, 0.1) is 58.7 Å². The summed E-state index contributed by atoms with van der Waals surface area (Å²) >= 11 is 0. The van der Waals surface area contributed by atoms with Gasteiger partial charge in [-0.25, -0.2) is 5.90 Å². The van der Waals surface area contributed by atoms with E-state index in [0.717, 1.165) is 89.6 Å². The highest BCUT2D eigenvalue weighted by Crippen LogP contribution is 2.46. The summed E-state index contributed by atoms with van der Waals surface area (Å²) in [5.41, 5.74) is 0.609. The molecule has 0 spiro atoms. The van der Waals surface area contributed by atoms with Crippen LogP contribution < -0.4 is 11.2 Å². The molecule has 4 aliphatic carbocycles. The van der Waals surface area contributed by atoms with E-state index >= 15 is 0 Å². The van der Waals surface area contributed by atoms with Gasteiger partial charge in [-0.05, 0) is 98.7 Å². The number of nitrogens with zero attached hydrogens (tertiary/aromatic N) is 1. The third-order valence-corrected chi connectivity index (χ3v) is 13.2. The van der Waals surface area contributed by atoms with Crippen LogP contribution in [0.4, 0.5) is 0 Å². The van der Waals surface area contributed by atoms with Gasteiger partial charge in [-0.1, -0.05) is 79.6 Å². The Labute approximate surface area is 304 Å². The lowest BCUT2D eigenvalue weighted by Gasteiger charge is -2.45. The fourth-order valence-corrected chi connectivity index (χ4v) is 9.87. The smallest absolute Gasteiger partial charge is 0.306 e. The van der Waals surface area contributed by atoms with Crippen molar-refractivity contribution >= 4 is 11.9 Å². The lowest BCUT2D eigenvalue weighted by molar-refractivity contribution is -0.151. The maximum Gasteiger partial charge on any atom is 0.306 e. The Hall–Kier alpha value is -1.30. The van der Waals surface area contributed by atoms with E-state index in [-0.39, 0.29) is 23.8 Å². The molecular formula is C40H77N3O7. The minimum atomic E-state index is -0.753. The van der Waals surface area contributed by atoms with Gasteiger partial charge in [-0.3, -0.25) is 14.4 Å². The highest BCUT2D eigenvalue weighted by molar-refractivity contribution is 5.80. The van der Waals surface area contributed by atoms with Gasteiger partial charge in [0.1, 0.15) is 0 Å². The first kappa shape index (κ1) is 44.9. The summed E-state index contributed by atoms with van der Waals surface area (Å²) in [5, 5.41) is 28.8. The zero-order valence-corrected chi connectivity index (χ0v) is 32.9. The van der Waals surface area contributed by atoms with Gasteiger partial charge in [0.15, 0.2) is 0 Å². The summed E-state index contributed by atoms with van der Waals surface area (Å²) in [6.07, 6.45) is 18.4. The Morgan fingerprint density at radius 3 is 2.18 bits per heavy atom. The van der Waals surface area contributed by atoms with E-state index in [1.165, 1.54) is 51.4 Å². The van der Waals surface area contributed by atoms with Crippen LogP contribution in [0.5, 0.6) is 0 Å². The third-order valence-electron chi connectivity index (χ3n) is 13.2. The molecule has 10 heteroatoms. The van der Waals surface area contributed by atoms with Gasteiger partial charge in [0.25, 0.3) is 0 Å². The topological polar surface area (TPSA) is 155 Å². The maximum absolute atomic E-state index is 13.2. The number of nitrogens with one attached hydrogen (secondary N) is 1. The molecule has 0 aromatic heterocycles. The molecule has 6 N–H and O–H groups in total. The van der Waals surface area contributed by atoms with Gasteiger partial charge >= 0.3 is 5.97 Å². The average molecular weight is 712 g/mol. The molecule has 5 rings (SSSR count). The largest absolute Gasteiger partial charge is 0.481 e. The number of methoxy groups -OCH3 is 1. The van der Waals surface area contributed by atoms with Gasteiger partial charge in [0.2, 0.25) is 5.91 Å². The molecule has 9 atom stereocenters. The maximum atomic E-state index is 13.2. The Balaban J connectivity index is 0.000000523. The Bertz CT molecular complexity index is 946. The van der Waals surface area contributed by atoms with Crippen LogP contribution in [0.25, 0.3) is 0 Å². The molecule has 5 aliphatic rings. The van der Waals surface area contributed by atoms with Gasteiger partial charge in [-0.2, -0.15) is 5.06 Å². The molecule has 0 radical (unpaired) electrons. The van der Waals surface area contributed by atoms with E-state index in [1.54, 1.807) is 0 Å². The number of hydrogen-bond acceptors (Lipinski definition) is 8. The number of ether oxygens (including phenoxy) is 1. The van der Waals surface area contributed by atoms with E-state index in [9.17, 15) is 14.7 Å². The summed E-state index contributed by atoms with van der Waals surface area (Å²) in [6, 6.07) is 0. The second-order valence-corrected chi connectivity index (χ2v) is 17.0. The minimum Gasteiger partial charge on any atom is -0.481 e. The molecule has 4 saturated carbocycles. The predicted octanol–water partition coefficient (Wildman–Crippen LogP) is 7.31. The van der Waals surface area contributed by atoms with Gasteiger partial charge < -0.3 is 25.5 Å². The first-order chi connectivity index (χ1) is 24.0. The fourth-order valence-electron chi connectivity index (χ4n) is 9.87. The lowest BCUT2D eigenvalue weighted by atomic mass is 9.64. The summed E-state index contributed by atoms with van der Waals surface area (Å²) in [7, 11) is 2.81. The van der Waals surface area contributed by atoms with E-state index in [4.69, 9.17) is 19.9 Å². The Kier molecular flexibility index (Phi) is 21.0. The van der Waals surface area contributed by atoms with Crippen molar-refractivity contribution in [1.29, 1.82) is 0 Å². The molecule has 1 amide bonds. The summed E-state index contributed by atoms with van der Waals surface area (Å²) in [5.74, 6) is 6.31. The number of hydroxylamine groups is 2. The first-order valence-corrected chi connectivity index (χ1v) is 20.1. The zero-order valence-electron chi connectivity index (χ0n) is 32.9. The molecule has 50 heavy (non-hydrogen) atoms. The number of aliphatic carboxylic acids is 1. The van der Waals surface area contributed by atoms with Crippen LogP contribution >= 0.6 is 0 Å². The van der Waals surface area contributed by atoms with Crippen LogP contribution in [-0.4, -0.2) is 78.9 Å². The number of carbonyl (C=O) groups is 2. The van der Waals surface area contributed by atoms with Crippen molar-refractivity contribution < 1.29 is 34.6 Å². The first-order valence-electron chi connectivity index (χ1n) is 20.1. The van der Waals surface area contributed by atoms with E-state index in [1.807, 2.05) is 7.11 Å². The number of hydrogen-bond donors (Lipinski definition) is 5. The van der Waals surface area contributed by atoms with E-state index < -0.39 is 11.9 Å². The molecule has 1 heterocycles. The second kappa shape index (κ2) is 23.4. The SMILES string of the molecule is CC1CCC(C)C(C)(C)C1.CCC1CON(CC2CCCC(C3CC(C(=O)O)CC(C(=O)NCCC4CCCCC4)C3)C2OC)C1.CO.NO. The molecule has 10 nitrogen and oxygen atoms in total. The summed E-state index contributed by atoms with van der Waals surface area (Å²) < 4.78 is 6.13. The molecule has 1 saturated heterocycles. The van der Waals surface area contributed by atoms with Crippen molar-refractivity contribution in [1.82, 2.24) is 10.4 Å². The minimum absolute atomic E-state index is 0.0687. The van der Waals surface area contributed by atoms with Crippen molar-refractivity contribution in [3.63, 3.8) is 0 Å². The van der Waals surface area contributed by atoms with Crippen molar-refractivity contribution in [2.24, 2.45) is 64.6 Å². The van der Waals surface area contributed by atoms with Crippen molar-refractivity contribution in [3.05, 3.63) is 0 Å². The van der Waals surface area contributed by atoms with Crippen LogP contribution in [0.1, 0.15) is 137 Å². The Morgan fingerprint density at radius 1 is 0.920 bits per heavy atom. The van der Waals surface area contributed by atoms with E-state index in [2.05, 4.69) is 50.9 Å². The Morgan fingerprint density at radius 2 is 1.60 bits per heavy atom. The standard InChI is InChI=1S/C29H50N2O5.C10H20.CH4O.H3NO/c1-3-20-17-31(36-19-20)18-22-10-7-11-26(27(22)35-2)23-14-24(16-25(15-23)29(33)34)28(32)30-13-12-21-8-5-4-6-9-21;1-8-5-6-9(2)10(3,4)7-8;2*1-2/h20-27H,3-19H2,1-2H3,(H,30,32)(H,33,34);8-9H,5-7H2,1-4H3;2H,1H3;2H,1H2. The van der Waals surface area contributed by atoms with Crippen molar-refractivity contribution in [2.45, 2.75) is 143 Å². The molecular weight excluding hydrogens is 634 g/mol. The number of rotatable bonds is 10. The number of amides is 1. The van der Waals surface area contributed by atoms with Crippen LogP contribution in [0.2, 0.25) is 0 Å². The third kappa shape index (κ3) is 13.9. The molecule has 1 aliphatic heterocycles. The number of carboxylic acid groups (broad SMARTS) is 1.